The second-order valence-corrected chi connectivity index (χ2v) is 5.82. The highest BCUT2D eigenvalue weighted by Gasteiger charge is 2.05. The Hall–Kier alpha value is -1.27. The Balaban J connectivity index is 2.46. The zero-order valence-electron chi connectivity index (χ0n) is 10.1. The summed E-state index contributed by atoms with van der Waals surface area (Å²) in [7, 11) is -0.813. The van der Waals surface area contributed by atoms with E-state index in [2.05, 4.69) is 5.32 Å². The third-order valence-corrected chi connectivity index (χ3v) is 3.43. The Kier molecular flexibility index (Phi) is 5.94. The van der Waals surface area contributed by atoms with Gasteiger partial charge in [0.05, 0.1) is 0 Å². The van der Waals surface area contributed by atoms with Gasteiger partial charge in [-0.05, 0) is 18.6 Å². The van der Waals surface area contributed by atoms with Crippen LogP contribution >= 0.6 is 12.2 Å². The van der Waals surface area contributed by atoms with Crippen LogP contribution in [-0.4, -0.2) is 33.7 Å². The van der Waals surface area contributed by atoms with Gasteiger partial charge in [-0.3, -0.25) is 9.00 Å². The second-order valence-electron chi connectivity index (χ2n) is 3.83. The maximum atomic E-state index is 11.7. The van der Waals surface area contributed by atoms with Crippen molar-refractivity contribution in [3.63, 3.8) is 0 Å². The first-order chi connectivity index (χ1) is 8.50. The highest BCUT2D eigenvalue weighted by molar-refractivity contribution is 7.84. The number of carbonyl (C=O) groups is 1. The summed E-state index contributed by atoms with van der Waals surface area (Å²) in [4.78, 5) is 12.0. The van der Waals surface area contributed by atoms with Crippen molar-refractivity contribution in [3.8, 4) is 0 Å². The van der Waals surface area contributed by atoms with Gasteiger partial charge in [0.1, 0.15) is 4.99 Å². The quantitative estimate of drug-likeness (QED) is 0.599. The van der Waals surface area contributed by atoms with Crippen molar-refractivity contribution >= 4 is 33.9 Å². The van der Waals surface area contributed by atoms with Gasteiger partial charge < -0.3 is 11.1 Å². The zero-order valence-corrected chi connectivity index (χ0v) is 11.8. The van der Waals surface area contributed by atoms with Crippen molar-refractivity contribution in [1.82, 2.24) is 5.32 Å². The fourth-order valence-corrected chi connectivity index (χ4v) is 2.05. The molecule has 0 bridgehead atoms. The van der Waals surface area contributed by atoms with Crippen LogP contribution in [0.15, 0.2) is 24.3 Å². The van der Waals surface area contributed by atoms with E-state index in [0.717, 1.165) is 5.56 Å². The maximum absolute atomic E-state index is 11.7. The van der Waals surface area contributed by atoms with Gasteiger partial charge in [0.2, 0.25) is 0 Å². The van der Waals surface area contributed by atoms with Crippen molar-refractivity contribution in [2.45, 2.75) is 6.42 Å². The molecule has 1 amide bonds. The van der Waals surface area contributed by atoms with Gasteiger partial charge in [0, 0.05) is 40.5 Å². The lowest BCUT2D eigenvalue weighted by Crippen LogP contribution is -2.25. The molecule has 1 aromatic carbocycles. The van der Waals surface area contributed by atoms with Gasteiger partial charge in [-0.1, -0.05) is 24.4 Å². The topological polar surface area (TPSA) is 72.2 Å². The molecule has 0 aliphatic rings. The molecule has 18 heavy (non-hydrogen) atoms. The molecule has 0 fully saturated rings. The SMILES string of the molecule is CS(=O)CCCNC(=O)c1ccc(C(N)=S)cc1. The molecule has 1 unspecified atom stereocenters. The van der Waals surface area contributed by atoms with Crippen LogP contribution in [0.3, 0.4) is 0 Å². The van der Waals surface area contributed by atoms with Crippen molar-refractivity contribution in [2.24, 2.45) is 5.73 Å². The minimum absolute atomic E-state index is 0.147. The van der Waals surface area contributed by atoms with Crippen molar-refractivity contribution < 1.29 is 9.00 Å². The van der Waals surface area contributed by atoms with E-state index in [1.807, 2.05) is 0 Å². The van der Waals surface area contributed by atoms with Crippen LogP contribution in [0.4, 0.5) is 0 Å². The Morgan fingerprint density at radius 3 is 2.39 bits per heavy atom. The number of benzene rings is 1. The van der Waals surface area contributed by atoms with E-state index >= 15 is 0 Å². The number of carbonyl (C=O) groups excluding carboxylic acids is 1. The number of nitrogens with two attached hydrogens (primary N) is 1. The third kappa shape index (κ3) is 4.93. The van der Waals surface area contributed by atoms with E-state index in [9.17, 15) is 9.00 Å². The summed E-state index contributed by atoms with van der Waals surface area (Å²) in [5.41, 5.74) is 6.77. The normalized spacial score (nSPS) is 11.8. The molecule has 0 heterocycles. The first-order valence-electron chi connectivity index (χ1n) is 5.49. The average Bonchev–Trinajstić information content (AvgIpc) is 2.34. The van der Waals surface area contributed by atoms with E-state index in [1.54, 1.807) is 30.5 Å². The van der Waals surface area contributed by atoms with Crippen LogP contribution in [0.1, 0.15) is 22.3 Å². The molecule has 0 saturated heterocycles. The Labute approximate surface area is 114 Å². The van der Waals surface area contributed by atoms with E-state index in [0.29, 0.717) is 29.3 Å². The minimum atomic E-state index is -0.813. The zero-order chi connectivity index (χ0) is 13.5. The predicted molar refractivity (Wildman–Crippen MR) is 78.2 cm³/mol. The minimum Gasteiger partial charge on any atom is -0.389 e. The molecule has 3 N–H and O–H groups in total. The molecule has 0 aliphatic heterocycles. The third-order valence-electron chi connectivity index (χ3n) is 2.33. The van der Waals surface area contributed by atoms with Crippen LogP contribution in [-0.2, 0) is 10.8 Å². The number of nitrogens with one attached hydrogen (secondary N) is 1. The molecule has 0 radical (unpaired) electrons. The van der Waals surface area contributed by atoms with Gasteiger partial charge in [-0.2, -0.15) is 0 Å². The molecule has 1 aromatic rings. The molecule has 0 aliphatic carbocycles. The molecular weight excluding hydrogens is 268 g/mol. The van der Waals surface area contributed by atoms with Crippen LogP contribution in [0.5, 0.6) is 0 Å². The lowest BCUT2D eigenvalue weighted by atomic mass is 10.1. The van der Waals surface area contributed by atoms with Gasteiger partial charge in [0.25, 0.3) is 5.91 Å². The van der Waals surface area contributed by atoms with Gasteiger partial charge in [-0.25, -0.2) is 0 Å². The van der Waals surface area contributed by atoms with Crippen LogP contribution in [0.25, 0.3) is 0 Å². The van der Waals surface area contributed by atoms with E-state index in [4.69, 9.17) is 18.0 Å². The lowest BCUT2D eigenvalue weighted by molar-refractivity contribution is 0.0954. The molecule has 98 valence electrons. The summed E-state index contributed by atoms with van der Waals surface area (Å²) in [6.45, 7) is 0.523. The van der Waals surface area contributed by atoms with Gasteiger partial charge >= 0.3 is 0 Å². The average molecular weight is 284 g/mol. The van der Waals surface area contributed by atoms with Crippen molar-refractivity contribution in [3.05, 3.63) is 35.4 Å². The van der Waals surface area contributed by atoms with E-state index in [-0.39, 0.29) is 5.91 Å². The van der Waals surface area contributed by atoms with Crippen LogP contribution in [0, 0.1) is 0 Å². The van der Waals surface area contributed by atoms with E-state index in [1.165, 1.54) is 0 Å². The number of rotatable bonds is 6. The fraction of sp³-hybridized carbons (Fsp3) is 0.333. The lowest BCUT2D eigenvalue weighted by Gasteiger charge is -2.05. The Morgan fingerprint density at radius 1 is 1.33 bits per heavy atom. The van der Waals surface area contributed by atoms with Gasteiger partial charge in [0.15, 0.2) is 0 Å². The van der Waals surface area contributed by atoms with Gasteiger partial charge in [-0.15, -0.1) is 0 Å². The maximum Gasteiger partial charge on any atom is 0.251 e. The highest BCUT2D eigenvalue weighted by Crippen LogP contribution is 2.04. The summed E-state index contributed by atoms with van der Waals surface area (Å²) in [5, 5.41) is 2.77. The van der Waals surface area contributed by atoms with Crippen molar-refractivity contribution in [2.75, 3.05) is 18.6 Å². The summed E-state index contributed by atoms with van der Waals surface area (Å²) >= 11 is 4.83. The largest absolute Gasteiger partial charge is 0.389 e. The Bertz CT molecular complexity index is 458. The van der Waals surface area contributed by atoms with Crippen LogP contribution < -0.4 is 11.1 Å². The van der Waals surface area contributed by atoms with E-state index < -0.39 is 10.8 Å². The first kappa shape index (κ1) is 14.8. The molecule has 1 atom stereocenters. The predicted octanol–water partition coefficient (Wildman–Crippen LogP) is 0.819. The smallest absolute Gasteiger partial charge is 0.251 e. The van der Waals surface area contributed by atoms with Crippen LogP contribution in [0.2, 0.25) is 0 Å². The molecular formula is C12H16N2O2S2. The fourth-order valence-electron chi connectivity index (χ4n) is 1.37. The Morgan fingerprint density at radius 2 is 1.89 bits per heavy atom. The molecule has 0 saturated carbocycles. The number of hydrogen-bond donors (Lipinski definition) is 2. The number of amides is 1. The molecule has 1 rings (SSSR count). The number of hydrogen-bond acceptors (Lipinski definition) is 3. The summed E-state index contributed by atoms with van der Waals surface area (Å²) in [5.74, 6) is 0.451. The molecule has 0 aromatic heterocycles. The second kappa shape index (κ2) is 7.23. The molecule has 0 spiro atoms. The standard InChI is InChI=1S/C12H16N2O2S2/c1-18(16)8-2-7-14-12(15)10-5-3-9(4-6-10)11(13)17/h3-6H,2,7-8H2,1H3,(H2,13,17)(H,14,15). The summed E-state index contributed by atoms with van der Waals surface area (Å²) in [6.07, 6.45) is 2.36. The highest BCUT2D eigenvalue weighted by atomic mass is 32.2. The summed E-state index contributed by atoms with van der Waals surface area (Å²) < 4.78 is 10.8. The summed E-state index contributed by atoms with van der Waals surface area (Å²) in [6, 6.07) is 6.81. The molecule has 4 nitrogen and oxygen atoms in total. The number of thiocarbonyl (C=S) groups is 1. The monoisotopic (exact) mass is 284 g/mol. The molecule has 6 heteroatoms. The van der Waals surface area contributed by atoms with Crippen molar-refractivity contribution in [1.29, 1.82) is 0 Å². The first-order valence-corrected chi connectivity index (χ1v) is 7.62.